The number of aromatic nitrogens is 2. The summed E-state index contributed by atoms with van der Waals surface area (Å²) < 4.78 is 7.47. The minimum Gasteiger partial charge on any atom is -0.483 e. The Kier molecular flexibility index (Phi) is 4.04. The third-order valence-corrected chi connectivity index (χ3v) is 4.80. The van der Waals surface area contributed by atoms with Gasteiger partial charge < -0.3 is 14.4 Å². The highest BCUT2D eigenvalue weighted by molar-refractivity contribution is 8.03. The fourth-order valence-electron chi connectivity index (χ4n) is 2.60. The van der Waals surface area contributed by atoms with Gasteiger partial charge in [-0.15, -0.1) is 11.8 Å². The Bertz CT molecular complexity index is 656. The maximum atomic E-state index is 12.0. The van der Waals surface area contributed by atoms with Gasteiger partial charge in [0, 0.05) is 18.4 Å². The number of carbonyl (C=O) groups excluding carboxylic acids is 1. The molecule has 3 aliphatic rings. The van der Waals surface area contributed by atoms with Crippen LogP contribution < -0.4 is 0 Å². The van der Waals surface area contributed by atoms with Crippen LogP contribution in [0.4, 0.5) is 0 Å². The van der Waals surface area contributed by atoms with Gasteiger partial charge in [0.05, 0.1) is 17.9 Å². The minimum absolute atomic E-state index is 0.103. The lowest BCUT2D eigenvalue weighted by atomic mass is 10.0. The van der Waals surface area contributed by atoms with Crippen LogP contribution in [0.3, 0.4) is 0 Å². The second-order valence-electron chi connectivity index (χ2n) is 4.96. The van der Waals surface area contributed by atoms with E-state index in [4.69, 9.17) is 14.6 Å². The minimum atomic E-state index is -0.250. The number of amides is 1. The molecular formula is C14H15N3O4S. The van der Waals surface area contributed by atoms with E-state index in [9.17, 15) is 4.79 Å². The highest BCUT2D eigenvalue weighted by Gasteiger charge is 2.46. The molecule has 0 saturated carbocycles. The molecule has 116 valence electrons. The van der Waals surface area contributed by atoms with Crippen molar-refractivity contribution >= 4 is 30.2 Å². The van der Waals surface area contributed by atoms with Gasteiger partial charge in [-0.05, 0) is 18.4 Å². The normalized spacial score (nSPS) is 24.0. The number of carboxylic acid groups (broad SMARTS) is 1. The molecule has 0 bridgehead atoms. The van der Waals surface area contributed by atoms with Gasteiger partial charge in [-0.1, -0.05) is 0 Å². The number of hydrogen-bond acceptors (Lipinski definition) is 5. The Hall–Kier alpha value is -2.06. The first kappa shape index (κ1) is 14.9. The Morgan fingerprint density at radius 3 is 3.05 bits per heavy atom. The molecule has 0 radical (unpaired) electrons. The third-order valence-electron chi connectivity index (χ3n) is 3.60. The van der Waals surface area contributed by atoms with Gasteiger partial charge >= 0.3 is 0 Å². The van der Waals surface area contributed by atoms with E-state index in [1.807, 2.05) is 29.5 Å². The van der Waals surface area contributed by atoms with Crippen LogP contribution in [0.15, 0.2) is 22.9 Å². The van der Waals surface area contributed by atoms with Crippen LogP contribution in [-0.4, -0.2) is 43.9 Å². The summed E-state index contributed by atoms with van der Waals surface area (Å²) >= 11 is 1.68. The zero-order chi connectivity index (χ0) is 15.7. The van der Waals surface area contributed by atoms with Crippen molar-refractivity contribution in [3.63, 3.8) is 0 Å². The second-order valence-corrected chi connectivity index (χ2v) is 5.91. The van der Waals surface area contributed by atoms with E-state index in [1.54, 1.807) is 11.8 Å². The van der Waals surface area contributed by atoms with Crippen LogP contribution in [0.1, 0.15) is 18.4 Å². The van der Waals surface area contributed by atoms with E-state index in [1.165, 1.54) is 0 Å². The molecule has 7 nitrogen and oxygen atoms in total. The molecule has 3 aliphatic heterocycles. The lowest BCUT2D eigenvalue weighted by molar-refractivity contribution is -0.131. The van der Waals surface area contributed by atoms with Gasteiger partial charge in [-0.25, -0.2) is 4.98 Å². The van der Waals surface area contributed by atoms with Crippen LogP contribution in [-0.2, 0) is 27.5 Å². The summed E-state index contributed by atoms with van der Waals surface area (Å²) in [5.74, 6) is 1.04. The smallest absolute Gasteiger partial charge is 0.290 e. The summed E-state index contributed by atoms with van der Waals surface area (Å²) in [5, 5.41) is 9.08. The van der Waals surface area contributed by atoms with Crippen molar-refractivity contribution in [1.29, 1.82) is 0 Å². The van der Waals surface area contributed by atoms with E-state index in [-0.39, 0.29) is 17.8 Å². The molecule has 0 spiro atoms. The van der Waals surface area contributed by atoms with Crippen molar-refractivity contribution in [3.05, 3.63) is 34.4 Å². The van der Waals surface area contributed by atoms with Gasteiger partial charge in [-0.3, -0.25) is 14.5 Å². The monoisotopic (exact) mass is 321 g/mol. The Morgan fingerprint density at radius 1 is 1.55 bits per heavy atom. The molecule has 1 unspecified atom stereocenters. The first-order valence-electron chi connectivity index (χ1n) is 6.74. The quantitative estimate of drug-likeness (QED) is 0.476. The predicted molar refractivity (Wildman–Crippen MR) is 80.5 cm³/mol. The summed E-state index contributed by atoms with van der Waals surface area (Å²) in [6.07, 6.45) is 3.91. The first-order chi connectivity index (χ1) is 10.7. The second kappa shape index (κ2) is 5.98. The first-order valence-corrected chi connectivity index (χ1v) is 7.69. The van der Waals surface area contributed by atoms with Crippen molar-refractivity contribution in [1.82, 2.24) is 14.5 Å². The molecule has 1 atom stereocenters. The van der Waals surface area contributed by atoms with Crippen molar-refractivity contribution in [2.24, 2.45) is 0 Å². The Balaban J connectivity index is 0.000000446. The fourth-order valence-corrected chi connectivity index (χ4v) is 3.74. The van der Waals surface area contributed by atoms with E-state index in [0.717, 1.165) is 35.9 Å². The third kappa shape index (κ3) is 2.44. The van der Waals surface area contributed by atoms with Crippen LogP contribution in [0.25, 0.3) is 6.08 Å². The van der Waals surface area contributed by atoms with Crippen LogP contribution in [0, 0.1) is 0 Å². The zero-order valence-electron chi connectivity index (χ0n) is 11.9. The molecular weight excluding hydrogens is 306 g/mol. The number of thioether (sulfide) groups is 1. The molecule has 1 aromatic rings. The SMILES string of the molecule is CC1=CSC2/C(=C\c3cn4c(n3)COCC4)C(=O)N12.O=CO. The fraction of sp³-hybridized carbons (Fsp3) is 0.357. The van der Waals surface area contributed by atoms with Crippen LogP contribution in [0.2, 0.25) is 0 Å². The molecule has 1 N–H and O–H groups in total. The number of β-lactam (4-membered cyclic amide) rings is 1. The summed E-state index contributed by atoms with van der Waals surface area (Å²) in [6.45, 7) is 3.84. The molecule has 8 heteroatoms. The topological polar surface area (TPSA) is 84.7 Å². The number of hydrogen-bond donors (Lipinski definition) is 1. The van der Waals surface area contributed by atoms with E-state index in [2.05, 4.69) is 9.55 Å². The Labute approximate surface area is 131 Å². The van der Waals surface area contributed by atoms with Crippen molar-refractivity contribution in [2.75, 3.05) is 6.61 Å². The summed E-state index contributed by atoms with van der Waals surface area (Å²) in [4.78, 5) is 26.7. The van der Waals surface area contributed by atoms with Crippen molar-refractivity contribution in [3.8, 4) is 0 Å². The number of carbonyl (C=O) groups is 2. The lowest BCUT2D eigenvalue weighted by Crippen LogP contribution is -2.49. The molecule has 4 heterocycles. The number of fused-ring (bicyclic) bond motifs is 2. The van der Waals surface area contributed by atoms with E-state index >= 15 is 0 Å². The van der Waals surface area contributed by atoms with Gasteiger partial charge in [-0.2, -0.15) is 0 Å². The van der Waals surface area contributed by atoms with Crippen LogP contribution in [0.5, 0.6) is 0 Å². The van der Waals surface area contributed by atoms with Crippen molar-refractivity contribution in [2.45, 2.75) is 25.4 Å². The largest absolute Gasteiger partial charge is 0.483 e. The predicted octanol–water partition coefficient (Wildman–Crippen LogP) is 1.27. The van der Waals surface area contributed by atoms with Crippen LogP contribution >= 0.6 is 11.8 Å². The molecule has 1 amide bonds. The molecule has 0 aromatic carbocycles. The maximum absolute atomic E-state index is 12.0. The standard InChI is InChI=1S/C13H13N3O2S.CH2O2/c1-8-7-19-13-10(12(17)16(8)13)4-9-5-15-2-3-18-6-11(15)14-9;2-1-3/h4-5,7,13H,2-3,6H2,1H3;1H,(H,2,3)/b10-4-;. The average molecular weight is 321 g/mol. The summed E-state index contributed by atoms with van der Waals surface area (Å²) in [7, 11) is 0. The number of imidazole rings is 1. The maximum Gasteiger partial charge on any atom is 0.290 e. The Morgan fingerprint density at radius 2 is 2.32 bits per heavy atom. The molecule has 1 aromatic heterocycles. The summed E-state index contributed by atoms with van der Waals surface area (Å²) in [6, 6.07) is 0. The number of nitrogens with zero attached hydrogens (tertiary/aromatic N) is 3. The lowest BCUT2D eigenvalue weighted by Gasteiger charge is -2.37. The number of rotatable bonds is 1. The van der Waals surface area contributed by atoms with Gasteiger partial charge in [0.2, 0.25) is 0 Å². The van der Waals surface area contributed by atoms with E-state index in [0.29, 0.717) is 6.61 Å². The average Bonchev–Trinajstić information content (AvgIpc) is 3.06. The molecule has 4 rings (SSSR count). The summed E-state index contributed by atoms with van der Waals surface area (Å²) in [5.41, 5.74) is 2.73. The zero-order valence-corrected chi connectivity index (χ0v) is 12.7. The molecule has 0 aliphatic carbocycles. The van der Waals surface area contributed by atoms with E-state index < -0.39 is 0 Å². The van der Waals surface area contributed by atoms with Crippen molar-refractivity contribution < 1.29 is 19.4 Å². The molecule has 1 saturated heterocycles. The van der Waals surface area contributed by atoms with Gasteiger partial charge in [0.1, 0.15) is 17.8 Å². The highest BCUT2D eigenvalue weighted by atomic mass is 32.2. The highest BCUT2D eigenvalue weighted by Crippen LogP contribution is 2.44. The van der Waals surface area contributed by atoms with Gasteiger partial charge in [0.15, 0.2) is 0 Å². The number of allylic oxidation sites excluding steroid dienone is 1. The number of ether oxygens (including phenoxy) is 1. The molecule has 22 heavy (non-hydrogen) atoms. The molecule has 1 fully saturated rings. The van der Waals surface area contributed by atoms with Gasteiger partial charge in [0.25, 0.3) is 12.4 Å².